The number of nitrogen functional groups attached to an aromatic ring is 1. The van der Waals surface area contributed by atoms with Gasteiger partial charge in [-0.3, -0.25) is 14.5 Å². The summed E-state index contributed by atoms with van der Waals surface area (Å²) in [7, 11) is 0. The molecular formula is C20H16N8O6S2. The zero-order valence-corrected chi connectivity index (χ0v) is 19.7. The lowest BCUT2D eigenvalue weighted by molar-refractivity contribution is -0.689. The van der Waals surface area contributed by atoms with Crippen LogP contribution in [0.25, 0.3) is 11.5 Å². The van der Waals surface area contributed by atoms with E-state index in [-0.39, 0.29) is 28.8 Å². The Morgan fingerprint density at radius 2 is 2.17 bits per heavy atom. The second kappa shape index (κ2) is 9.38. The number of β-lactam (4-membered cyclic amide) rings is 1. The molecule has 5 heterocycles. The number of carbonyl (C=O) groups is 3. The van der Waals surface area contributed by atoms with Crippen LogP contribution in [-0.4, -0.2) is 66.0 Å². The minimum Gasteiger partial charge on any atom is -0.543 e. The Balaban J connectivity index is 1.32. The number of thiazole rings is 1. The van der Waals surface area contributed by atoms with Crippen LogP contribution in [0.1, 0.15) is 5.69 Å². The van der Waals surface area contributed by atoms with Crippen molar-refractivity contribution < 1.29 is 33.7 Å². The molecule has 3 aromatic heterocycles. The molecule has 0 aromatic carbocycles. The van der Waals surface area contributed by atoms with E-state index < -0.39 is 34.9 Å². The number of amides is 2. The molecule has 2 aliphatic heterocycles. The number of hydrogen-bond acceptors (Lipinski definition) is 13. The standard InChI is InChI=1S/C20H16N8O6S2/c21-20-23-11(7-36-20)12(26-33)15(29)24-13-17(30)28-14(19(31)32)10(6-35-18(13)28)5-27-3-1-9(2-4-27)16-25-22-8-34-16/h1-4,7-8,13,18H,5-6H2,(H4-,21,23,24,29,31,32,33)/t13-,18-/m1/s1. The Labute approximate surface area is 210 Å². The Hall–Kier alpha value is -4.31. The number of fused-ring (bicyclic) bond motifs is 1. The zero-order chi connectivity index (χ0) is 25.4. The van der Waals surface area contributed by atoms with E-state index >= 15 is 0 Å². The molecule has 0 spiro atoms. The van der Waals surface area contributed by atoms with Crippen LogP contribution >= 0.6 is 23.1 Å². The number of anilines is 1. The molecule has 0 saturated carbocycles. The van der Waals surface area contributed by atoms with Crippen molar-refractivity contribution in [3.8, 4) is 11.5 Å². The number of aromatic nitrogens is 4. The Bertz CT molecular complexity index is 1400. The predicted octanol–water partition coefficient (Wildman–Crippen LogP) is -1.65. The maximum Gasteiger partial charge on any atom is 0.276 e. The third-order valence-corrected chi connectivity index (χ3v) is 7.49. The topological polar surface area (TPSA) is 204 Å². The highest BCUT2D eigenvalue weighted by atomic mass is 32.2. The molecular weight excluding hydrogens is 512 g/mol. The lowest BCUT2D eigenvalue weighted by atomic mass is 10.0. The van der Waals surface area contributed by atoms with Crippen molar-refractivity contribution in [1.82, 2.24) is 25.4 Å². The van der Waals surface area contributed by atoms with Gasteiger partial charge < -0.3 is 30.6 Å². The van der Waals surface area contributed by atoms with Gasteiger partial charge in [0, 0.05) is 28.8 Å². The fourth-order valence-corrected chi connectivity index (χ4v) is 5.72. The summed E-state index contributed by atoms with van der Waals surface area (Å²) in [4.78, 5) is 42.5. The normalized spacial score (nSPS) is 19.6. The van der Waals surface area contributed by atoms with Gasteiger partial charge >= 0.3 is 0 Å². The third kappa shape index (κ3) is 4.16. The molecule has 16 heteroatoms. The highest BCUT2D eigenvalue weighted by Crippen LogP contribution is 2.40. The van der Waals surface area contributed by atoms with Crippen molar-refractivity contribution in [3.05, 3.63) is 53.3 Å². The molecule has 184 valence electrons. The van der Waals surface area contributed by atoms with Crippen LogP contribution < -0.4 is 20.7 Å². The molecule has 36 heavy (non-hydrogen) atoms. The fourth-order valence-electron chi connectivity index (χ4n) is 3.84. The number of nitrogens with two attached hydrogens (primary N) is 1. The van der Waals surface area contributed by atoms with E-state index in [9.17, 15) is 24.7 Å². The van der Waals surface area contributed by atoms with Crippen molar-refractivity contribution in [3.63, 3.8) is 0 Å². The molecule has 2 aliphatic rings. The van der Waals surface area contributed by atoms with Crippen LogP contribution in [0.2, 0.25) is 0 Å². The summed E-state index contributed by atoms with van der Waals surface area (Å²) in [6, 6.07) is 2.46. The lowest BCUT2D eigenvalue weighted by Crippen LogP contribution is -2.71. The van der Waals surface area contributed by atoms with Crippen molar-refractivity contribution in [2.75, 3.05) is 11.5 Å². The molecule has 0 bridgehead atoms. The van der Waals surface area contributed by atoms with Gasteiger partial charge in [-0.05, 0) is 0 Å². The van der Waals surface area contributed by atoms with Crippen LogP contribution in [-0.2, 0) is 20.9 Å². The van der Waals surface area contributed by atoms with E-state index in [4.69, 9.17) is 10.2 Å². The average Bonchev–Trinajstić information content (AvgIpc) is 3.55. The second-order valence-corrected chi connectivity index (χ2v) is 9.62. The van der Waals surface area contributed by atoms with Crippen molar-refractivity contribution in [2.45, 2.75) is 18.0 Å². The Morgan fingerprint density at radius 1 is 1.39 bits per heavy atom. The molecule has 2 amide bonds. The first kappa shape index (κ1) is 23.4. The first-order chi connectivity index (χ1) is 17.4. The molecule has 2 atom stereocenters. The SMILES string of the molecule is Nc1nc(/C(=N/O)C(=O)N[C@@H]2C(=O)N3C(C(=O)[O-])=C(C[n+]4ccc(-c5nnco5)cc4)CS[C@H]23)cs1. The van der Waals surface area contributed by atoms with Gasteiger partial charge in [0.1, 0.15) is 17.1 Å². The summed E-state index contributed by atoms with van der Waals surface area (Å²) in [6.07, 6.45) is 4.66. The van der Waals surface area contributed by atoms with Gasteiger partial charge in [-0.15, -0.1) is 33.3 Å². The van der Waals surface area contributed by atoms with E-state index in [2.05, 4.69) is 25.7 Å². The van der Waals surface area contributed by atoms with Gasteiger partial charge in [-0.25, -0.2) is 9.55 Å². The third-order valence-electron chi connectivity index (χ3n) is 5.48. The number of oxime groups is 1. The number of nitrogens with one attached hydrogen (secondary N) is 1. The Morgan fingerprint density at radius 3 is 2.78 bits per heavy atom. The first-order valence-corrected chi connectivity index (χ1v) is 12.2. The zero-order valence-electron chi connectivity index (χ0n) is 18.1. The molecule has 0 aliphatic carbocycles. The Kier molecular flexibility index (Phi) is 6.11. The molecule has 1 fully saturated rings. The van der Waals surface area contributed by atoms with E-state index in [0.717, 1.165) is 16.2 Å². The van der Waals surface area contributed by atoms with Crippen LogP contribution in [0.15, 0.2) is 57.1 Å². The molecule has 1 saturated heterocycles. The number of hydrogen-bond donors (Lipinski definition) is 3. The van der Waals surface area contributed by atoms with Crippen LogP contribution in [0.3, 0.4) is 0 Å². The van der Waals surface area contributed by atoms with E-state index in [0.29, 0.717) is 17.0 Å². The van der Waals surface area contributed by atoms with Crippen LogP contribution in [0.5, 0.6) is 0 Å². The summed E-state index contributed by atoms with van der Waals surface area (Å²) < 4.78 is 6.90. The first-order valence-electron chi connectivity index (χ1n) is 10.3. The fraction of sp³-hybridized carbons (Fsp3) is 0.200. The molecule has 0 unspecified atom stereocenters. The summed E-state index contributed by atoms with van der Waals surface area (Å²) >= 11 is 2.35. The number of carboxylic acid groups (broad SMARTS) is 1. The molecule has 4 N–H and O–H groups in total. The van der Waals surface area contributed by atoms with Crippen LogP contribution in [0, 0.1) is 0 Å². The van der Waals surface area contributed by atoms with Crippen molar-refractivity contribution in [2.24, 2.45) is 5.16 Å². The average molecular weight is 529 g/mol. The number of aliphatic carboxylic acids is 1. The number of pyridine rings is 1. The maximum atomic E-state index is 12.9. The lowest BCUT2D eigenvalue weighted by Gasteiger charge is -2.50. The monoisotopic (exact) mass is 528 g/mol. The van der Waals surface area contributed by atoms with Crippen molar-refractivity contribution >= 4 is 51.7 Å². The second-order valence-electron chi connectivity index (χ2n) is 7.62. The van der Waals surface area contributed by atoms with Crippen molar-refractivity contribution in [1.29, 1.82) is 0 Å². The van der Waals surface area contributed by atoms with Gasteiger partial charge in [0.2, 0.25) is 12.3 Å². The molecule has 3 aromatic rings. The van der Waals surface area contributed by atoms with Gasteiger partial charge in [-0.1, -0.05) is 5.16 Å². The van der Waals surface area contributed by atoms with E-state index in [1.165, 1.54) is 23.5 Å². The quantitative estimate of drug-likeness (QED) is 0.104. The maximum absolute atomic E-state index is 12.9. The molecule has 5 rings (SSSR count). The minimum atomic E-state index is -1.49. The number of thioether (sulfide) groups is 1. The molecule has 0 radical (unpaired) electrons. The van der Waals surface area contributed by atoms with Gasteiger partial charge in [0.15, 0.2) is 29.8 Å². The predicted molar refractivity (Wildman–Crippen MR) is 122 cm³/mol. The minimum absolute atomic E-state index is 0.0529. The number of nitrogens with zero attached hydrogens (tertiary/aromatic N) is 6. The highest BCUT2D eigenvalue weighted by molar-refractivity contribution is 8.00. The summed E-state index contributed by atoms with van der Waals surface area (Å²) in [5.41, 5.74) is 6.14. The number of rotatable bonds is 7. The van der Waals surface area contributed by atoms with Crippen LogP contribution in [0.4, 0.5) is 5.13 Å². The molecule has 14 nitrogen and oxygen atoms in total. The van der Waals surface area contributed by atoms with E-state index in [1.54, 1.807) is 29.1 Å². The van der Waals surface area contributed by atoms with Gasteiger partial charge in [-0.2, -0.15) is 0 Å². The largest absolute Gasteiger partial charge is 0.543 e. The summed E-state index contributed by atoms with van der Waals surface area (Å²) in [5, 5.41) is 35.1. The summed E-state index contributed by atoms with van der Waals surface area (Å²) in [6.45, 7) is 0.195. The van der Waals surface area contributed by atoms with E-state index in [1.807, 2.05) is 0 Å². The number of carbonyl (C=O) groups excluding carboxylic acids is 3. The number of carboxylic acids is 1. The smallest absolute Gasteiger partial charge is 0.276 e. The van der Waals surface area contributed by atoms with Gasteiger partial charge in [0.05, 0.1) is 17.2 Å². The van der Waals surface area contributed by atoms with Gasteiger partial charge in [0.25, 0.3) is 11.8 Å². The highest BCUT2D eigenvalue weighted by Gasteiger charge is 2.53. The summed E-state index contributed by atoms with van der Waals surface area (Å²) in [5.74, 6) is -2.33.